The molecule has 0 radical (unpaired) electrons. The molecule has 314 valence electrons. The minimum absolute atomic E-state index is 0.0176. The van der Waals surface area contributed by atoms with E-state index in [1.54, 1.807) is 6.92 Å². The molecule has 7 atom stereocenters. The number of carbonyl (C=O) groups excluding carboxylic acids is 5. The highest BCUT2D eigenvalue weighted by Gasteiger charge is 2.50. The van der Waals surface area contributed by atoms with Crippen LogP contribution in [0.5, 0.6) is 0 Å². The van der Waals surface area contributed by atoms with Gasteiger partial charge in [-0.1, -0.05) is 95.3 Å². The third-order valence-electron chi connectivity index (χ3n) is 11.4. The summed E-state index contributed by atoms with van der Waals surface area (Å²) in [5.41, 5.74) is 0.932. The van der Waals surface area contributed by atoms with Crippen LogP contribution in [0, 0.1) is 17.8 Å². The van der Waals surface area contributed by atoms with E-state index in [1.807, 2.05) is 88.4 Å². The van der Waals surface area contributed by atoms with Crippen molar-refractivity contribution < 1.29 is 28.7 Å². The normalized spacial score (nSPS) is 20.5. The minimum atomic E-state index is -1.03. The van der Waals surface area contributed by atoms with E-state index in [4.69, 9.17) is 4.74 Å². The number of benzene rings is 2. The molecule has 2 saturated heterocycles. The third kappa shape index (κ3) is 14.6. The summed E-state index contributed by atoms with van der Waals surface area (Å²) in [4.78, 5) is 74.2. The molecule has 12 heteroatoms. The van der Waals surface area contributed by atoms with E-state index in [0.717, 1.165) is 37.3 Å². The Balaban J connectivity index is 1.50. The average molecular weight is 789 g/mol. The first-order valence-corrected chi connectivity index (χ1v) is 20.9. The fraction of sp³-hybridized carbons (Fsp3) is 0.622. The summed E-state index contributed by atoms with van der Waals surface area (Å²) < 4.78 is 5.43. The minimum Gasteiger partial charge on any atom is -0.361 e. The van der Waals surface area contributed by atoms with Crippen LogP contribution >= 0.6 is 0 Å². The van der Waals surface area contributed by atoms with Gasteiger partial charge >= 0.3 is 0 Å². The van der Waals surface area contributed by atoms with Crippen molar-refractivity contribution >= 4 is 29.4 Å². The molecule has 2 aliphatic rings. The van der Waals surface area contributed by atoms with Crippen molar-refractivity contribution in [3.8, 4) is 0 Å². The highest BCUT2D eigenvalue weighted by molar-refractivity contribution is 5.98. The first kappa shape index (κ1) is 45.6. The number of nitrogens with one attached hydrogen (secondary N) is 4. The van der Waals surface area contributed by atoms with Gasteiger partial charge in [-0.3, -0.25) is 28.9 Å². The predicted molar refractivity (Wildman–Crippen MR) is 223 cm³/mol. The molecule has 3 unspecified atom stereocenters. The fourth-order valence-corrected chi connectivity index (χ4v) is 7.43. The molecule has 0 bridgehead atoms. The molecular formula is C45H68N6O6. The van der Waals surface area contributed by atoms with E-state index in [2.05, 4.69) is 52.0 Å². The van der Waals surface area contributed by atoms with Crippen LogP contribution in [-0.4, -0.2) is 115 Å². The van der Waals surface area contributed by atoms with E-state index in [9.17, 15) is 24.0 Å². The van der Waals surface area contributed by atoms with Crippen LogP contribution in [-0.2, 0) is 41.6 Å². The van der Waals surface area contributed by atoms with E-state index in [1.165, 1.54) is 0 Å². The van der Waals surface area contributed by atoms with E-state index in [-0.39, 0.29) is 48.3 Å². The van der Waals surface area contributed by atoms with Gasteiger partial charge in [-0.15, -0.1) is 0 Å². The van der Waals surface area contributed by atoms with Gasteiger partial charge < -0.3 is 30.9 Å². The summed E-state index contributed by atoms with van der Waals surface area (Å²) >= 11 is 0. The number of ketones is 1. The Hall–Kier alpha value is -4.13. The number of Topliss-reactive ketones (excluding diaryl/α,β-unsaturated/α-hetero) is 1. The number of piperazine rings is 1. The number of ether oxygens (including phenoxy) is 1. The van der Waals surface area contributed by atoms with Crippen LogP contribution in [0.15, 0.2) is 60.7 Å². The Morgan fingerprint density at radius 2 is 1.16 bits per heavy atom. The number of carbonyl (C=O) groups is 5. The highest BCUT2D eigenvalue weighted by atomic mass is 16.6. The van der Waals surface area contributed by atoms with Gasteiger partial charge in [0.2, 0.25) is 23.6 Å². The molecule has 2 heterocycles. The number of hydrogen-bond donors (Lipinski definition) is 4. The first-order chi connectivity index (χ1) is 27.0. The predicted octanol–water partition coefficient (Wildman–Crippen LogP) is 3.91. The molecule has 4 amide bonds. The number of nitrogens with zero attached hydrogens (tertiary/aromatic N) is 2. The SMILES string of the molecule is CC(C)CC(NC(=O)[C@H](CCc1ccccc1)NC(=O)CC(C)C(C)N1CCN(C)CC1)C(=O)N[C@@H](Cc1ccccc1)C(=O)N[C@@H](CC(C)C)C(=O)[C@@]1(C)CO1. The Morgan fingerprint density at radius 1 is 0.667 bits per heavy atom. The molecule has 4 rings (SSSR count). The summed E-state index contributed by atoms with van der Waals surface area (Å²) in [7, 11) is 2.12. The van der Waals surface area contributed by atoms with Gasteiger partial charge in [0.05, 0.1) is 12.6 Å². The first-order valence-electron chi connectivity index (χ1n) is 20.9. The number of rotatable bonds is 22. The van der Waals surface area contributed by atoms with E-state index in [0.29, 0.717) is 32.3 Å². The summed E-state index contributed by atoms with van der Waals surface area (Å²) in [6, 6.07) is 15.7. The Labute approximate surface area is 340 Å². The van der Waals surface area contributed by atoms with Crippen LogP contribution in [0.4, 0.5) is 0 Å². The standard InChI is InChI=1S/C45H68N6O6/c1-30(2)25-37(41(53)45(7)29-57-45)47-44(56)39(28-35-17-13-10-14-18-35)49-43(55)38(26-31(3)4)48-42(54)36(20-19-34-15-11-9-12-16-34)46-40(52)27-32(5)33(6)51-23-21-50(8)22-24-51/h9-18,30-33,36-39H,19-29H2,1-8H3,(H,46,52)(H,47,56)(H,48,54)(H,49,55)/t32?,33?,36-,37-,38?,39-,45+/m0/s1. The zero-order valence-electron chi connectivity index (χ0n) is 35.5. The Kier molecular flexibility index (Phi) is 17.3. The quantitative estimate of drug-likeness (QED) is 0.131. The lowest BCUT2D eigenvalue weighted by Gasteiger charge is -2.38. The summed E-state index contributed by atoms with van der Waals surface area (Å²) in [6.07, 6.45) is 2.06. The molecule has 2 aromatic rings. The fourth-order valence-electron chi connectivity index (χ4n) is 7.43. The van der Waals surface area contributed by atoms with Gasteiger partial charge in [-0.05, 0) is 75.5 Å². The summed E-state index contributed by atoms with van der Waals surface area (Å²) in [5, 5.41) is 11.9. The molecule has 0 aromatic heterocycles. The number of hydrogen-bond acceptors (Lipinski definition) is 8. The molecule has 57 heavy (non-hydrogen) atoms. The summed E-state index contributed by atoms with van der Waals surface area (Å²) in [5.74, 6) is -1.66. The van der Waals surface area contributed by atoms with Crippen LogP contribution in [0.1, 0.15) is 85.3 Å². The number of epoxide rings is 1. The van der Waals surface area contributed by atoms with Crippen LogP contribution < -0.4 is 21.3 Å². The van der Waals surface area contributed by atoms with Crippen molar-refractivity contribution in [1.29, 1.82) is 0 Å². The van der Waals surface area contributed by atoms with E-state index < -0.39 is 47.5 Å². The second kappa shape index (κ2) is 21.6. The van der Waals surface area contributed by atoms with Crippen molar-refractivity contribution in [2.75, 3.05) is 39.8 Å². The van der Waals surface area contributed by atoms with Gasteiger partial charge in [-0.2, -0.15) is 0 Å². The number of likely N-dealkylation sites (N-methyl/N-ethyl adjacent to an activating group) is 1. The monoisotopic (exact) mass is 789 g/mol. The third-order valence-corrected chi connectivity index (χ3v) is 11.4. The Bertz CT molecular complexity index is 1610. The van der Waals surface area contributed by atoms with Gasteiger partial charge in [0, 0.05) is 45.1 Å². The zero-order chi connectivity index (χ0) is 41.7. The van der Waals surface area contributed by atoms with E-state index >= 15 is 0 Å². The Morgan fingerprint density at radius 3 is 1.72 bits per heavy atom. The molecule has 2 aliphatic heterocycles. The van der Waals surface area contributed by atoms with Crippen molar-refractivity contribution in [3.05, 3.63) is 71.8 Å². The van der Waals surface area contributed by atoms with Gasteiger partial charge in [0.15, 0.2) is 5.78 Å². The van der Waals surface area contributed by atoms with Gasteiger partial charge in [0.1, 0.15) is 23.7 Å². The zero-order valence-corrected chi connectivity index (χ0v) is 35.5. The number of aryl methyl sites for hydroxylation is 1. The van der Waals surface area contributed by atoms with Gasteiger partial charge in [-0.25, -0.2) is 0 Å². The van der Waals surface area contributed by atoms with Crippen LogP contribution in [0.25, 0.3) is 0 Å². The van der Waals surface area contributed by atoms with Crippen molar-refractivity contribution in [2.24, 2.45) is 17.8 Å². The molecule has 2 fully saturated rings. The highest BCUT2D eigenvalue weighted by Crippen LogP contribution is 2.30. The molecule has 2 aromatic carbocycles. The average Bonchev–Trinajstić information content (AvgIpc) is 3.93. The largest absolute Gasteiger partial charge is 0.361 e. The molecule has 4 N–H and O–H groups in total. The lowest BCUT2D eigenvalue weighted by Crippen LogP contribution is -2.59. The maximum atomic E-state index is 14.2. The molecular weight excluding hydrogens is 721 g/mol. The van der Waals surface area contributed by atoms with Crippen molar-refractivity contribution in [1.82, 2.24) is 31.1 Å². The molecule has 0 spiro atoms. The smallest absolute Gasteiger partial charge is 0.243 e. The molecule has 12 nitrogen and oxygen atoms in total. The van der Waals surface area contributed by atoms with Crippen LogP contribution in [0.2, 0.25) is 0 Å². The van der Waals surface area contributed by atoms with Crippen molar-refractivity contribution in [2.45, 2.75) is 123 Å². The van der Waals surface area contributed by atoms with Gasteiger partial charge in [0.25, 0.3) is 0 Å². The lowest BCUT2D eigenvalue weighted by molar-refractivity contribution is -0.135. The number of amides is 4. The maximum absolute atomic E-state index is 14.2. The molecule has 0 aliphatic carbocycles. The second-order valence-corrected chi connectivity index (χ2v) is 17.4. The maximum Gasteiger partial charge on any atom is 0.243 e. The van der Waals surface area contributed by atoms with Crippen LogP contribution in [0.3, 0.4) is 0 Å². The molecule has 0 saturated carbocycles. The topological polar surface area (TPSA) is 152 Å². The second-order valence-electron chi connectivity index (χ2n) is 17.4. The summed E-state index contributed by atoms with van der Waals surface area (Å²) in [6.45, 7) is 18.0. The van der Waals surface area contributed by atoms with Crippen molar-refractivity contribution in [3.63, 3.8) is 0 Å². The lowest BCUT2D eigenvalue weighted by atomic mass is 9.93.